The normalized spacial score (nSPS) is 28.1. The van der Waals surface area contributed by atoms with E-state index in [1.165, 1.54) is 6.08 Å². The second-order valence-electron chi connectivity index (χ2n) is 8.20. The lowest BCUT2D eigenvalue weighted by Crippen LogP contribution is -2.49. The summed E-state index contributed by atoms with van der Waals surface area (Å²) in [7, 11) is 1.58. The van der Waals surface area contributed by atoms with Crippen LogP contribution >= 0.6 is 0 Å². The van der Waals surface area contributed by atoms with Crippen LogP contribution in [0.15, 0.2) is 42.2 Å². The highest BCUT2D eigenvalue weighted by Crippen LogP contribution is 2.39. The number of ether oxygens (including phenoxy) is 6. The lowest BCUT2D eigenvalue weighted by Gasteiger charge is -2.37. The number of hydrogen-bond acceptors (Lipinski definition) is 7. The SMILES string of the molecule is COCO[C@H]1CO[C@H](OCc2ccccc2)[C@@H]2O/C(=C/C(=O)OC(C)(C)C)C[C@@H]21. The van der Waals surface area contributed by atoms with Crippen LogP contribution in [0.5, 0.6) is 0 Å². The van der Waals surface area contributed by atoms with Crippen LogP contribution in [0.3, 0.4) is 0 Å². The van der Waals surface area contributed by atoms with Gasteiger partial charge in [0.15, 0.2) is 12.4 Å². The number of hydrogen-bond donors (Lipinski definition) is 0. The van der Waals surface area contributed by atoms with Gasteiger partial charge in [-0.2, -0.15) is 0 Å². The fourth-order valence-electron chi connectivity index (χ4n) is 3.45. The second-order valence-corrected chi connectivity index (χ2v) is 8.20. The zero-order valence-corrected chi connectivity index (χ0v) is 17.5. The molecule has 0 radical (unpaired) electrons. The van der Waals surface area contributed by atoms with Gasteiger partial charge in [0.2, 0.25) is 0 Å². The first-order chi connectivity index (χ1) is 13.9. The molecule has 2 aliphatic rings. The molecule has 0 N–H and O–H groups in total. The predicted molar refractivity (Wildman–Crippen MR) is 105 cm³/mol. The number of rotatable bonds is 7. The van der Waals surface area contributed by atoms with E-state index < -0.39 is 17.9 Å². The molecule has 1 aromatic rings. The maximum atomic E-state index is 12.2. The molecular formula is C22H30O7. The van der Waals surface area contributed by atoms with Crippen molar-refractivity contribution in [3.05, 3.63) is 47.7 Å². The third kappa shape index (κ3) is 6.27. The molecule has 2 heterocycles. The van der Waals surface area contributed by atoms with Crippen LogP contribution in [-0.2, 0) is 39.8 Å². The van der Waals surface area contributed by atoms with Crippen LogP contribution in [-0.4, -0.2) is 50.6 Å². The summed E-state index contributed by atoms with van der Waals surface area (Å²) in [5.74, 6) is 0.121. The van der Waals surface area contributed by atoms with Crippen LogP contribution in [0.2, 0.25) is 0 Å². The summed E-state index contributed by atoms with van der Waals surface area (Å²) >= 11 is 0. The Morgan fingerprint density at radius 3 is 2.66 bits per heavy atom. The molecule has 29 heavy (non-hydrogen) atoms. The zero-order valence-electron chi connectivity index (χ0n) is 17.5. The monoisotopic (exact) mass is 406 g/mol. The van der Waals surface area contributed by atoms with Crippen molar-refractivity contribution in [2.24, 2.45) is 5.92 Å². The second kappa shape index (κ2) is 9.71. The highest BCUT2D eigenvalue weighted by atomic mass is 16.7. The summed E-state index contributed by atoms with van der Waals surface area (Å²) in [5, 5.41) is 0. The number of esters is 1. The van der Waals surface area contributed by atoms with E-state index in [1.54, 1.807) is 7.11 Å². The Labute approximate surface area is 171 Å². The van der Waals surface area contributed by atoms with Crippen molar-refractivity contribution in [3.8, 4) is 0 Å². The Kier molecular flexibility index (Phi) is 7.29. The van der Waals surface area contributed by atoms with E-state index >= 15 is 0 Å². The number of fused-ring (bicyclic) bond motifs is 1. The molecule has 4 atom stereocenters. The minimum atomic E-state index is -0.561. The van der Waals surface area contributed by atoms with Crippen molar-refractivity contribution in [2.45, 2.75) is 57.9 Å². The van der Waals surface area contributed by atoms with Gasteiger partial charge in [-0.15, -0.1) is 0 Å². The van der Waals surface area contributed by atoms with Crippen molar-refractivity contribution in [2.75, 3.05) is 20.5 Å². The smallest absolute Gasteiger partial charge is 0.334 e. The molecule has 0 aliphatic carbocycles. The highest BCUT2D eigenvalue weighted by Gasteiger charge is 2.48. The highest BCUT2D eigenvalue weighted by molar-refractivity contribution is 5.82. The van der Waals surface area contributed by atoms with Crippen LogP contribution in [0.1, 0.15) is 32.8 Å². The van der Waals surface area contributed by atoms with Gasteiger partial charge in [-0.05, 0) is 26.3 Å². The van der Waals surface area contributed by atoms with E-state index in [9.17, 15) is 4.79 Å². The van der Waals surface area contributed by atoms with Crippen LogP contribution in [0, 0.1) is 5.92 Å². The topological polar surface area (TPSA) is 72.5 Å². The van der Waals surface area contributed by atoms with Crippen molar-refractivity contribution >= 4 is 5.97 Å². The number of methoxy groups -OCH3 is 1. The summed E-state index contributed by atoms with van der Waals surface area (Å²) < 4.78 is 34.1. The zero-order chi connectivity index (χ0) is 20.9. The van der Waals surface area contributed by atoms with Gasteiger partial charge in [0.1, 0.15) is 18.2 Å². The average molecular weight is 406 g/mol. The molecule has 2 aliphatic heterocycles. The Balaban J connectivity index is 1.68. The molecule has 0 aromatic heterocycles. The molecule has 7 nitrogen and oxygen atoms in total. The van der Waals surface area contributed by atoms with Gasteiger partial charge in [0.05, 0.1) is 25.4 Å². The Hall–Kier alpha value is -1.93. The van der Waals surface area contributed by atoms with Gasteiger partial charge in [-0.25, -0.2) is 4.79 Å². The first-order valence-corrected chi connectivity index (χ1v) is 9.83. The first-order valence-electron chi connectivity index (χ1n) is 9.83. The quantitative estimate of drug-likeness (QED) is 0.391. The minimum absolute atomic E-state index is 0.00615. The molecule has 7 heteroatoms. The van der Waals surface area contributed by atoms with E-state index in [2.05, 4.69) is 0 Å². The lowest BCUT2D eigenvalue weighted by molar-refractivity contribution is -0.264. The summed E-state index contributed by atoms with van der Waals surface area (Å²) in [5.41, 5.74) is 0.488. The molecule has 0 unspecified atom stereocenters. The standard InChI is InChI=1S/C22H30O7/c1-22(2,3)29-19(23)11-16-10-17-18(27-14-24-4)13-26-21(20(17)28-16)25-12-15-8-6-5-7-9-15/h5-9,11,17-18,20-21H,10,12-14H2,1-4H3/b16-11+/t17-,18+,20-,21+/m1/s1. The third-order valence-corrected chi connectivity index (χ3v) is 4.66. The van der Waals surface area contributed by atoms with Crippen LogP contribution in [0.25, 0.3) is 0 Å². The number of carbonyl (C=O) groups excluding carboxylic acids is 1. The molecule has 0 spiro atoms. The molecular weight excluding hydrogens is 376 g/mol. The average Bonchev–Trinajstić information content (AvgIpc) is 3.08. The molecule has 160 valence electrons. The van der Waals surface area contributed by atoms with E-state index in [4.69, 9.17) is 28.4 Å². The fraction of sp³-hybridized carbons (Fsp3) is 0.591. The lowest BCUT2D eigenvalue weighted by atomic mass is 9.92. The predicted octanol–water partition coefficient (Wildman–Crippen LogP) is 3.18. The Morgan fingerprint density at radius 2 is 1.97 bits per heavy atom. The minimum Gasteiger partial charge on any atom is -0.489 e. The van der Waals surface area contributed by atoms with Gasteiger partial charge in [0, 0.05) is 19.4 Å². The van der Waals surface area contributed by atoms with Crippen molar-refractivity contribution in [1.82, 2.24) is 0 Å². The Bertz CT molecular complexity index is 695. The number of carbonyl (C=O) groups is 1. The molecule has 0 bridgehead atoms. The number of benzene rings is 1. The molecule has 2 fully saturated rings. The van der Waals surface area contributed by atoms with Gasteiger partial charge in [-0.1, -0.05) is 30.3 Å². The van der Waals surface area contributed by atoms with E-state index in [0.29, 0.717) is 25.4 Å². The van der Waals surface area contributed by atoms with Gasteiger partial charge < -0.3 is 28.4 Å². The van der Waals surface area contributed by atoms with Gasteiger partial charge in [-0.3, -0.25) is 0 Å². The van der Waals surface area contributed by atoms with E-state index in [0.717, 1.165) is 5.56 Å². The molecule has 0 saturated carbocycles. The van der Waals surface area contributed by atoms with Crippen LogP contribution in [0.4, 0.5) is 0 Å². The fourth-order valence-corrected chi connectivity index (χ4v) is 3.45. The van der Waals surface area contributed by atoms with E-state index in [1.807, 2.05) is 51.1 Å². The van der Waals surface area contributed by atoms with Crippen molar-refractivity contribution in [1.29, 1.82) is 0 Å². The Morgan fingerprint density at radius 1 is 1.21 bits per heavy atom. The van der Waals surface area contributed by atoms with Gasteiger partial charge >= 0.3 is 5.97 Å². The van der Waals surface area contributed by atoms with Crippen LogP contribution < -0.4 is 0 Å². The maximum Gasteiger partial charge on any atom is 0.334 e. The number of allylic oxidation sites excluding steroid dienone is 1. The third-order valence-electron chi connectivity index (χ3n) is 4.66. The van der Waals surface area contributed by atoms with Gasteiger partial charge in [0.25, 0.3) is 0 Å². The van der Waals surface area contributed by atoms with E-state index in [-0.39, 0.29) is 24.9 Å². The molecule has 3 rings (SSSR count). The molecule has 0 amide bonds. The molecule has 2 saturated heterocycles. The van der Waals surface area contributed by atoms with Crippen molar-refractivity contribution < 1.29 is 33.2 Å². The summed E-state index contributed by atoms with van der Waals surface area (Å²) in [4.78, 5) is 12.2. The largest absolute Gasteiger partial charge is 0.489 e. The summed E-state index contributed by atoms with van der Waals surface area (Å²) in [6.07, 6.45) is 0.828. The summed E-state index contributed by atoms with van der Waals surface area (Å²) in [6.45, 7) is 6.43. The van der Waals surface area contributed by atoms with Crippen molar-refractivity contribution in [3.63, 3.8) is 0 Å². The summed E-state index contributed by atoms with van der Waals surface area (Å²) in [6, 6.07) is 9.88. The maximum absolute atomic E-state index is 12.2. The molecule has 1 aromatic carbocycles. The first kappa shape index (κ1) is 21.8.